The fraction of sp³-hybridized carbons (Fsp3) is 0.0952. The Morgan fingerprint density at radius 1 is 0.963 bits per heavy atom. The van der Waals surface area contributed by atoms with Crippen molar-refractivity contribution >= 4 is 10.9 Å². The van der Waals surface area contributed by atoms with Crippen LogP contribution in [0.25, 0.3) is 22.0 Å². The van der Waals surface area contributed by atoms with Gasteiger partial charge in [0.25, 0.3) is 5.56 Å². The van der Waals surface area contributed by atoms with Gasteiger partial charge in [-0.1, -0.05) is 18.2 Å². The quantitative estimate of drug-likeness (QED) is 0.594. The van der Waals surface area contributed by atoms with E-state index in [1.54, 1.807) is 12.4 Å². The molecule has 0 spiro atoms. The van der Waals surface area contributed by atoms with E-state index in [1.807, 2.05) is 54.6 Å². The summed E-state index contributed by atoms with van der Waals surface area (Å²) in [6.07, 6.45) is 2.99. The number of H-pyrrole nitrogens is 1. The third kappa shape index (κ3) is 2.81. The third-order valence-corrected chi connectivity index (χ3v) is 4.55. The second-order valence-electron chi connectivity index (χ2n) is 6.28. The molecule has 0 saturated heterocycles. The molecule has 27 heavy (non-hydrogen) atoms. The van der Waals surface area contributed by atoms with Crippen LogP contribution in [0.3, 0.4) is 0 Å². The van der Waals surface area contributed by atoms with E-state index in [4.69, 9.17) is 9.47 Å². The van der Waals surface area contributed by atoms with Gasteiger partial charge in [-0.3, -0.25) is 9.78 Å². The topological polar surface area (TPSA) is 77.1 Å². The largest absolute Gasteiger partial charge is 0.485 e. The average Bonchev–Trinajstić information content (AvgIpc) is 2.74. The van der Waals surface area contributed by atoms with Gasteiger partial charge in [-0.15, -0.1) is 0 Å². The van der Waals surface area contributed by atoms with Crippen LogP contribution in [0.1, 0.15) is 11.9 Å². The van der Waals surface area contributed by atoms with E-state index in [0.29, 0.717) is 34.8 Å². The van der Waals surface area contributed by atoms with Crippen molar-refractivity contribution in [3.63, 3.8) is 0 Å². The molecule has 0 radical (unpaired) electrons. The highest BCUT2D eigenvalue weighted by atomic mass is 16.6. The molecule has 1 aliphatic rings. The third-order valence-electron chi connectivity index (χ3n) is 4.55. The number of rotatable bonds is 2. The van der Waals surface area contributed by atoms with Gasteiger partial charge in [0.15, 0.2) is 23.4 Å². The van der Waals surface area contributed by atoms with Gasteiger partial charge in [0.05, 0.1) is 10.9 Å². The van der Waals surface area contributed by atoms with Gasteiger partial charge >= 0.3 is 0 Å². The van der Waals surface area contributed by atoms with E-state index in [9.17, 15) is 4.79 Å². The molecular weight excluding hydrogens is 342 g/mol. The lowest BCUT2D eigenvalue weighted by Gasteiger charge is -2.25. The van der Waals surface area contributed by atoms with Crippen molar-refractivity contribution in [2.24, 2.45) is 0 Å². The summed E-state index contributed by atoms with van der Waals surface area (Å²) in [5.41, 5.74) is 2.36. The SMILES string of the molecule is O=c1[nH]c(C2COc3ccccc3O2)nc2ccc(-c3ccncc3)cc12. The molecule has 6 heteroatoms. The Labute approximate surface area is 154 Å². The number of para-hydroxylation sites is 2. The molecule has 1 unspecified atom stereocenters. The van der Waals surface area contributed by atoms with Gasteiger partial charge in [0.1, 0.15) is 6.61 Å². The van der Waals surface area contributed by atoms with E-state index < -0.39 is 6.10 Å². The van der Waals surface area contributed by atoms with Crippen molar-refractivity contribution in [3.05, 3.63) is 83.2 Å². The van der Waals surface area contributed by atoms with Crippen LogP contribution in [-0.4, -0.2) is 21.6 Å². The molecule has 0 amide bonds. The first kappa shape index (κ1) is 15.6. The fourth-order valence-electron chi connectivity index (χ4n) is 3.19. The highest BCUT2D eigenvalue weighted by molar-refractivity contribution is 5.83. The van der Waals surface area contributed by atoms with Gasteiger partial charge in [-0.05, 0) is 47.5 Å². The molecule has 4 aromatic rings. The average molecular weight is 357 g/mol. The molecule has 132 valence electrons. The lowest BCUT2D eigenvalue weighted by Crippen LogP contribution is -2.26. The van der Waals surface area contributed by atoms with E-state index in [0.717, 1.165) is 11.1 Å². The van der Waals surface area contributed by atoms with E-state index in [2.05, 4.69) is 15.0 Å². The molecule has 5 rings (SSSR count). The van der Waals surface area contributed by atoms with Gasteiger partial charge in [0, 0.05) is 12.4 Å². The summed E-state index contributed by atoms with van der Waals surface area (Å²) in [5, 5.41) is 0.533. The maximum Gasteiger partial charge on any atom is 0.258 e. The maximum atomic E-state index is 12.7. The number of hydrogen-bond donors (Lipinski definition) is 1. The molecule has 2 aromatic heterocycles. The van der Waals surface area contributed by atoms with E-state index >= 15 is 0 Å². The number of hydrogen-bond acceptors (Lipinski definition) is 5. The predicted molar refractivity (Wildman–Crippen MR) is 101 cm³/mol. The molecule has 2 aromatic carbocycles. The van der Waals surface area contributed by atoms with Crippen molar-refractivity contribution in [1.82, 2.24) is 15.0 Å². The molecule has 0 fully saturated rings. The zero-order chi connectivity index (χ0) is 18.2. The molecule has 0 saturated carbocycles. The number of benzene rings is 2. The highest BCUT2D eigenvalue weighted by Gasteiger charge is 2.24. The molecular formula is C21H15N3O3. The number of nitrogens with zero attached hydrogens (tertiary/aromatic N) is 2. The second-order valence-corrected chi connectivity index (χ2v) is 6.28. The monoisotopic (exact) mass is 357 g/mol. The van der Waals surface area contributed by atoms with Gasteiger partial charge < -0.3 is 14.5 Å². The van der Waals surface area contributed by atoms with Crippen molar-refractivity contribution in [1.29, 1.82) is 0 Å². The normalized spacial score (nSPS) is 15.6. The van der Waals surface area contributed by atoms with Crippen molar-refractivity contribution in [2.45, 2.75) is 6.10 Å². The zero-order valence-electron chi connectivity index (χ0n) is 14.3. The second kappa shape index (κ2) is 6.25. The minimum Gasteiger partial charge on any atom is -0.485 e. The Morgan fingerprint density at radius 2 is 1.78 bits per heavy atom. The lowest BCUT2D eigenvalue weighted by atomic mass is 10.1. The van der Waals surface area contributed by atoms with Crippen LogP contribution < -0.4 is 15.0 Å². The van der Waals surface area contributed by atoms with Gasteiger partial charge in [-0.25, -0.2) is 4.98 Å². The molecule has 3 heterocycles. The molecule has 0 bridgehead atoms. The summed E-state index contributed by atoms with van der Waals surface area (Å²) in [6, 6.07) is 16.9. The molecule has 1 N–H and O–H groups in total. The van der Waals surface area contributed by atoms with Crippen molar-refractivity contribution in [3.8, 4) is 22.6 Å². The Bertz CT molecular complexity index is 1190. The van der Waals surface area contributed by atoms with Crippen LogP contribution in [0.15, 0.2) is 71.8 Å². The maximum absolute atomic E-state index is 12.7. The first-order valence-electron chi connectivity index (χ1n) is 8.61. The van der Waals surface area contributed by atoms with E-state index in [1.165, 1.54) is 0 Å². The molecule has 1 atom stereocenters. The van der Waals surface area contributed by atoms with Crippen LogP contribution >= 0.6 is 0 Å². The van der Waals surface area contributed by atoms with Gasteiger partial charge in [0.2, 0.25) is 0 Å². The first-order chi connectivity index (χ1) is 13.3. The Balaban J connectivity index is 1.54. The van der Waals surface area contributed by atoms with Crippen LogP contribution in [0.5, 0.6) is 11.5 Å². The summed E-state index contributed by atoms with van der Waals surface area (Å²) < 4.78 is 11.7. The minimum absolute atomic E-state index is 0.201. The predicted octanol–water partition coefficient (Wildman–Crippen LogP) is 3.50. The lowest BCUT2D eigenvalue weighted by molar-refractivity contribution is 0.0851. The molecule has 1 aliphatic heterocycles. The minimum atomic E-state index is -0.461. The molecule has 6 nitrogen and oxygen atoms in total. The number of pyridine rings is 1. The number of fused-ring (bicyclic) bond motifs is 2. The number of ether oxygens (including phenoxy) is 2. The Morgan fingerprint density at radius 3 is 2.63 bits per heavy atom. The van der Waals surface area contributed by atoms with Crippen LogP contribution in [0.2, 0.25) is 0 Å². The Hall–Kier alpha value is -3.67. The Kier molecular flexibility index (Phi) is 3.60. The summed E-state index contributed by atoms with van der Waals surface area (Å²) >= 11 is 0. The van der Waals surface area contributed by atoms with Crippen LogP contribution in [-0.2, 0) is 0 Å². The van der Waals surface area contributed by atoms with Crippen LogP contribution in [0, 0.1) is 0 Å². The van der Waals surface area contributed by atoms with Gasteiger partial charge in [-0.2, -0.15) is 0 Å². The smallest absolute Gasteiger partial charge is 0.258 e. The zero-order valence-corrected chi connectivity index (χ0v) is 14.3. The molecule has 0 aliphatic carbocycles. The standard InChI is InChI=1S/C21H15N3O3/c25-21-15-11-14(13-7-9-22-10-8-13)5-6-16(15)23-20(24-21)19-12-26-17-3-1-2-4-18(17)27-19/h1-11,19H,12H2,(H,23,24,25). The summed E-state index contributed by atoms with van der Waals surface area (Å²) in [7, 11) is 0. The first-order valence-corrected chi connectivity index (χ1v) is 8.61. The van der Waals surface area contributed by atoms with Crippen molar-refractivity contribution in [2.75, 3.05) is 6.61 Å². The van der Waals surface area contributed by atoms with E-state index in [-0.39, 0.29) is 5.56 Å². The summed E-state index contributed by atoms with van der Waals surface area (Å²) in [5.74, 6) is 1.79. The van der Waals surface area contributed by atoms with Crippen LogP contribution in [0.4, 0.5) is 0 Å². The van der Waals surface area contributed by atoms with Crippen molar-refractivity contribution < 1.29 is 9.47 Å². The number of nitrogens with one attached hydrogen (secondary N) is 1. The number of aromatic nitrogens is 3. The number of aromatic amines is 1. The highest BCUT2D eigenvalue weighted by Crippen LogP contribution is 2.35. The summed E-state index contributed by atoms with van der Waals surface area (Å²) in [6.45, 7) is 0.292. The fourth-order valence-corrected chi connectivity index (χ4v) is 3.19. The summed E-state index contributed by atoms with van der Waals surface area (Å²) in [4.78, 5) is 24.1.